The van der Waals surface area contributed by atoms with E-state index in [0.717, 1.165) is 11.4 Å². The zero-order valence-corrected chi connectivity index (χ0v) is 16.2. The minimum Gasteiger partial charge on any atom is -0.354 e. The standard InChI is InChI=1S/C24H20FN3O/c1-15-7-10-18(11-8-15)27-22-5-3-4-6-23(22)28-24(29)20-13-16(2)26-21-12-9-17(25)14-19(20)21/h3-14,27H,1-2H3,(H,28,29). The Bertz CT molecular complexity index is 1200. The van der Waals surface area contributed by atoms with E-state index < -0.39 is 5.82 Å². The number of carbonyl (C=O) groups excluding carboxylic acids is 1. The predicted octanol–water partition coefficient (Wildman–Crippen LogP) is 5.99. The van der Waals surface area contributed by atoms with Gasteiger partial charge in [-0.15, -0.1) is 0 Å². The first-order chi connectivity index (χ1) is 14.0. The normalized spacial score (nSPS) is 10.7. The molecule has 2 N–H and O–H groups in total. The topological polar surface area (TPSA) is 54.0 Å². The Morgan fingerprint density at radius 3 is 2.38 bits per heavy atom. The number of halogens is 1. The summed E-state index contributed by atoms with van der Waals surface area (Å²) in [6, 6.07) is 21.4. The number of pyridine rings is 1. The van der Waals surface area contributed by atoms with Crippen molar-refractivity contribution in [3.05, 3.63) is 95.4 Å². The van der Waals surface area contributed by atoms with Crippen molar-refractivity contribution in [2.45, 2.75) is 13.8 Å². The molecule has 4 nitrogen and oxygen atoms in total. The van der Waals surface area contributed by atoms with Gasteiger partial charge in [-0.25, -0.2) is 4.39 Å². The average molecular weight is 385 g/mol. The maximum atomic E-state index is 13.8. The molecule has 1 aromatic heterocycles. The monoisotopic (exact) mass is 385 g/mol. The third-order valence-electron chi connectivity index (χ3n) is 4.65. The molecule has 29 heavy (non-hydrogen) atoms. The largest absolute Gasteiger partial charge is 0.354 e. The number of carbonyl (C=O) groups is 1. The summed E-state index contributed by atoms with van der Waals surface area (Å²) in [6.45, 7) is 3.84. The average Bonchev–Trinajstić information content (AvgIpc) is 2.71. The van der Waals surface area contributed by atoms with Crippen molar-refractivity contribution in [1.82, 2.24) is 4.98 Å². The number of fused-ring (bicyclic) bond motifs is 1. The molecule has 0 fully saturated rings. The van der Waals surface area contributed by atoms with Gasteiger partial charge in [0.15, 0.2) is 0 Å². The number of aryl methyl sites for hydroxylation is 2. The third-order valence-corrected chi connectivity index (χ3v) is 4.65. The smallest absolute Gasteiger partial charge is 0.256 e. The summed E-state index contributed by atoms with van der Waals surface area (Å²) in [5, 5.41) is 6.76. The predicted molar refractivity (Wildman–Crippen MR) is 115 cm³/mol. The Balaban J connectivity index is 1.67. The number of nitrogens with zero attached hydrogens (tertiary/aromatic N) is 1. The van der Waals surface area contributed by atoms with Crippen molar-refractivity contribution < 1.29 is 9.18 Å². The van der Waals surface area contributed by atoms with Crippen LogP contribution in [0.15, 0.2) is 72.8 Å². The molecule has 1 heterocycles. The van der Waals surface area contributed by atoms with Crippen molar-refractivity contribution in [2.24, 2.45) is 0 Å². The molecule has 4 rings (SSSR count). The number of nitrogens with one attached hydrogen (secondary N) is 2. The highest BCUT2D eigenvalue weighted by atomic mass is 19.1. The lowest BCUT2D eigenvalue weighted by Crippen LogP contribution is -2.14. The molecule has 144 valence electrons. The molecule has 0 saturated carbocycles. The summed E-state index contributed by atoms with van der Waals surface area (Å²) >= 11 is 0. The van der Waals surface area contributed by atoms with Crippen LogP contribution in [0.4, 0.5) is 21.5 Å². The third kappa shape index (κ3) is 4.09. The molecule has 1 amide bonds. The molecule has 4 aromatic rings. The van der Waals surface area contributed by atoms with Crippen molar-refractivity contribution >= 4 is 33.9 Å². The highest BCUT2D eigenvalue weighted by molar-refractivity contribution is 6.13. The van der Waals surface area contributed by atoms with Crippen molar-refractivity contribution in [2.75, 3.05) is 10.6 Å². The Morgan fingerprint density at radius 1 is 0.897 bits per heavy atom. The Kier molecular flexibility index (Phi) is 4.96. The van der Waals surface area contributed by atoms with Crippen LogP contribution in [-0.4, -0.2) is 10.9 Å². The molecule has 0 bridgehead atoms. The highest BCUT2D eigenvalue weighted by Crippen LogP contribution is 2.27. The summed E-state index contributed by atoms with van der Waals surface area (Å²) in [5.41, 5.74) is 5.16. The van der Waals surface area contributed by atoms with Gasteiger partial charge in [0.05, 0.1) is 22.5 Å². The van der Waals surface area contributed by atoms with Crippen LogP contribution in [0.25, 0.3) is 10.9 Å². The second-order valence-corrected chi connectivity index (χ2v) is 6.96. The summed E-state index contributed by atoms with van der Waals surface area (Å²) in [7, 11) is 0. The van der Waals surface area contributed by atoms with E-state index >= 15 is 0 Å². The number of anilines is 3. The van der Waals surface area contributed by atoms with E-state index in [-0.39, 0.29) is 5.91 Å². The van der Waals surface area contributed by atoms with Crippen molar-refractivity contribution in [3.63, 3.8) is 0 Å². The first-order valence-electron chi connectivity index (χ1n) is 9.30. The van der Waals surface area contributed by atoms with Crippen LogP contribution in [0.5, 0.6) is 0 Å². The van der Waals surface area contributed by atoms with E-state index in [4.69, 9.17) is 0 Å². The molecule has 0 aliphatic carbocycles. The number of hydrogen-bond donors (Lipinski definition) is 2. The van der Waals surface area contributed by atoms with E-state index in [1.165, 1.54) is 17.7 Å². The summed E-state index contributed by atoms with van der Waals surface area (Å²) in [4.78, 5) is 17.4. The molecule has 5 heteroatoms. The summed E-state index contributed by atoms with van der Waals surface area (Å²) < 4.78 is 13.8. The zero-order chi connectivity index (χ0) is 20.4. The lowest BCUT2D eigenvalue weighted by atomic mass is 10.1. The van der Waals surface area contributed by atoms with Gasteiger partial charge in [-0.1, -0.05) is 29.8 Å². The highest BCUT2D eigenvalue weighted by Gasteiger charge is 2.14. The van der Waals surface area contributed by atoms with E-state index in [0.29, 0.717) is 27.8 Å². The first-order valence-corrected chi connectivity index (χ1v) is 9.30. The molecular weight excluding hydrogens is 365 g/mol. The Morgan fingerprint density at radius 2 is 1.62 bits per heavy atom. The van der Waals surface area contributed by atoms with Gasteiger partial charge in [0, 0.05) is 16.8 Å². The Labute approximate surface area is 168 Å². The van der Waals surface area contributed by atoms with Gasteiger partial charge < -0.3 is 10.6 Å². The zero-order valence-electron chi connectivity index (χ0n) is 16.2. The fourth-order valence-electron chi connectivity index (χ4n) is 3.20. The number of benzene rings is 3. The van der Waals surface area contributed by atoms with E-state index in [2.05, 4.69) is 15.6 Å². The van der Waals surface area contributed by atoms with Crippen LogP contribution in [0.1, 0.15) is 21.6 Å². The maximum absolute atomic E-state index is 13.8. The van der Waals surface area contributed by atoms with Crippen molar-refractivity contribution in [3.8, 4) is 0 Å². The van der Waals surface area contributed by atoms with E-state index in [9.17, 15) is 9.18 Å². The molecule has 0 aliphatic heterocycles. The van der Waals surface area contributed by atoms with Gasteiger partial charge in [-0.05, 0) is 62.4 Å². The minimum atomic E-state index is -0.404. The van der Waals surface area contributed by atoms with Crippen LogP contribution >= 0.6 is 0 Å². The van der Waals surface area contributed by atoms with Gasteiger partial charge in [0.2, 0.25) is 0 Å². The number of aromatic nitrogens is 1. The van der Waals surface area contributed by atoms with Crippen LogP contribution in [0, 0.1) is 19.7 Å². The SMILES string of the molecule is Cc1ccc(Nc2ccccc2NC(=O)c2cc(C)nc3ccc(F)cc23)cc1. The molecule has 3 aromatic carbocycles. The lowest BCUT2D eigenvalue weighted by molar-refractivity contribution is 0.102. The molecule has 0 atom stereocenters. The molecule has 0 aliphatic rings. The van der Waals surface area contributed by atoms with Gasteiger partial charge in [0.1, 0.15) is 5.82 Å². The minimum absolute atomic E-state index is 0.316. The number of para-hydroxylation sites is 2. The maximum Gasteiger partial charge on any atom is 0.256 e. The molecule has 0 unspecified atom stereocenters. The summed E-state index contributed by atoms with van der Waals surface area (Å²) in [6.07, 6.45) is 0. The van der Waals surface area contributed by atoms with Gasteiger partial charge >= 0.3 is 0 Å². The number of hydrogen-bond acceptors (Lipinski definition) is 3. The molecule has 0 radical (unpaired) electrons. The lowest BCUT2D eigenvalue weighted by Gasteiger charge is -2.14. The van der Waals surface area contributed by atoms with Crippen molar-refractivity contribution in [1.29, 1.82) is 0 Å². The van der Waals surface area contributed by atoms with Crippen LogP contribution in [0.2, 0.25) is 0 Å². The quantitative estimate of drug-likeness (QED) is 0.454. The van der Waals surface area contributed by atoms with Crippen LogP contribution in [0.3, 0.4) is 0 Å². The van der Waals surface area contributed by atoms with E-state index in [1.54, 1.807) is 12.1 Å². The number of amides is 1. The van der Waals surface area contributed by atoms with E-state index in [1.807, 2.05) is 62.4 Å². The second kappa shape index (κ2) is 7.72. The van der Waals surface area contributed by atoms with Crippen LogP contribution in [-0.2, 0) is 0 Å². The van der Waals surface area contributed by atoms with Crippen LogP contribution < -0.4 is 10.6 Å². The first kappa shape index (κ1) is 18.6. The molecular formula is C24H20FN3O. The summed E-state index contributed by atoms with van der Waals surface area (Å²) in [5.74, 6) is -0.720. The Hall–Kier alpha value is -3.73. The number of rotatable bonds is 4. The van der Waals surface area contributed by atoms with Gasteiger partial charge in [-0.3, -0.25) is 9.78 Å². The molecule has 0 spiro atoms. The fraction of sp³-hybridized carbons (Fsp3) is 0.0833. The fourth-order valence-corrected chi connectivity index (χ4v) is 3.20. The second-order valence-electron chi connectivity index (χ2n) is 6.96. The molecule has 0 saturated heterocycles. The van der Waals surface area contributed by atoms with Gasteiger partial charge in [-0.2, -0.15) is 0 Å². The van der Waals surface area contributed by atoms with Gasteiger partial charge in [0.25, 0.3) is 5.91 Å².